The lowest BCUT2D eigenvalue weighted by Crippen LogP contribution is -2.62. The average molecular weight is 1260 g/mol. The molecule has 0 aliphatic carbocycles. The summed E-state index contributed by atoms with van der Waals surface area (Å²) in [7, 11) is 0. The highest BCUT2D eigenvalue weighted by Gasteiger charge is 2.57. The van der Waals surface area contributed by atoms with Crippen molar-refractivity contribution in [3.05, 3.63) is 71.8 Å². The SMILES string of the molecule is CC[C@H](Cc1ccccc1)[C@@H]1CCCCCC(=O)[C@@H](C)[C@H](O)[C@@H](C)[C@@H]2CC[C@@H](C)C(=O)C(O)(O2)C(=O)N2CCCC[C@H]2C(=O)O1.CC[C@H](Cc1ccccc1)[C@@H]1CCCCCC(=O)[C@@H](C)[C@H](O)[C@@H](C)[C@@H]2CC[C@@H](C)C(O)(O2)C(=O)C(=O)N2CCCC[C@H]2C(=O)O1. The highest BCUT2D eigenvalue weighted by Crippen LogP contribution is 2.40. The fourth-order valence-electron chi connectivity index (χ4n) is 14.7. The minimum atomic E-state index is -2.80. The topological polar surface area (TPSA) is 261 Å². The number of nitrogens with zero attached hydrogens (tertiary/aromatic N) is 2. The number of cyclic esters (lactones) is 2. The van der Waals surface area contributed by atoms with Crippen LogP contribution in [0, 0.1) is 47.3 Å². The zero-order valence-electron chi connectivity index (χ0n) is 55.0. The Morgan fingerprint density at radius 3 is 1.42 bits per heavy atom. The molecule has 6 heterocycles. The first kappa shape index (κ1) is 72.2. The molecule has 6 saturated heterocycles. The third-order valence-corrected chi connectivity index (χ3v) is 21.2. The molecule has 4 bridgehead atoms. The minimum Gasteiger partial charge on any atom is -0.461 e. The second-order valence-corrected chi connectivity index (χ2v) is 27.4. The number of aliphatic hydroxyl groups is 4. The van der Waals surface area contributed by atoms with Crippen LogP contribution in [0.5, 0.6) is 0 Å². The molecule has 18 nitrogen and oxygen atoms in total. The van der Waals surface area contributed by atoms with Crippen LogP contribution in [0.25, 0.3) is 0 Å². The van der Waals surface area contributed by atoms with Crippen LogP contribution in [0.4, 0.5) is 0 Å². The number of Topliss-reactive ketones (excluding diaryl/α,β-unsaturated/α-hetero) is 4. The first-order valence-electron chi connectivity index (χ1n) is 34.4. The normalized spacial score (nSPS) is 35.4. The van der Waals surface area contributed by atoms with Crippen LogP contribution in [-0.2, 0) is 70.1 Å². The molecule has 2 aromatic carbocycles. The van der Waals surface area contributed by atoms with Gasteiger partial charge in [0.2, 0.25) is 11.6 Å². The van der Waals surface area contributed by atoms with Crippen LogP contribution in [0.1, 0.15) is 208 Å². The summed E-state index contributed by atoms with van der Waals surface area (Å²) in [6, 6.07) is 18.3. The summed E-state index contributed by atoms with van der Waals surface area (Å²) in [5, 5.41) is 45.8. The maximum absolute atomic E-state index is 14.2. The number of carbonyl (C=O) groups excluding carboxylic acids is 8. The van der Waals surface area contributed by atoms with E-state index in [2.05, 4.69) is 38.1 Å². The summed E-state index contributed by atoms with van der Waals surface area (Å²) in [4.78, 5) is 112. The Kier molecular flexibility index (Phi) is 26.9. The van der Waals surface area contributed by atoms with Gasteiger partial charge in [0.15, 0.2) is 0 Å². The van der Waals surface area contributed by atoms with Gasteiger partial charge in [-0.2, -0.15) is 0 Å². The van der Waals surface area contributed by atoms with Gasteiger partial charge in [0, 0.05) is 61.4 Å². The van der Waals surface area contributed by atoms with Gasteiger partial charge in [0.1, 0.15) is 35.9 Å². The highest BCUT2D eigenvalue weighted by atomic mass is 16.6. The van der Waals surface area contributed by atoms with E-state index in [0.29, 0.717) is 103 Å². The van der Waals surface area contributed by atoms with Crippen molar-refractivity contribution >= 4 is 46.9 Å². The second-order valence-electron chi connectivity index (χ2n) is 27.4. The molecule has 18 heteroatoms. The van der Waals surface area contributed by atoms with E-state index in [0.717, 1.165) is 62.5 Å². The first-order valence-corrected chi connectivity index (χ1v) is 34.4. The third kappa shape index (κ3) is 17.7. The molecular formula is C72H106N2O16. The number of carbonyl (C=O) groups is 8. The molecular weight excluding hydrogens is 1150 g/mol. The molecule has 0 radical (unpaired) electrons. The lowest BCUT2D eigenvalue weighted by molar-refractivity contribution is -0.274. The van der Waals surface area contributed by atoms with Crippen molar-refractivity contribution in [2.45, 2.75) is 270 Å². The van der Waals surface area contributed by atoms with Crippen LogP contribution in [-0.4, -0.2) is 150 Å². The summed E-state index contributed by atoms with van der Waals surface area (Å²) < 4.78 is 24.6. The van der Waals surface area contributed by atoms with E-state index in [-0.39, 0.29) is 36.5 Å². The Bertz CT molecular complexity index is 2710. The van der Waals surface area contributed by atoms with Crippen molar-refractivity contribution in [3.8, 4) is 0 Å². The number of benzene rings is 2. The maximum atomic E-state index is 14.2. The van der Waals surface area contributed by atoms with Crippen molar-refractivity contribution < 1.29 is 77.7 Å². The standard InChI is InChI=1S/2C36H53NO8/c1-5-27(22-26-14-8-6-9-15-26)31-18-11-7-10-17-29(38)24(3)32(39)25(4)30-20-19-23(2)36(43,45-30)33(40)34(41)37-21-13-12-16-28(37)35(42)44-31;1-5-27(22-26-14-8-6-9-15-26)31-18-11-7-10-17-29(38)24(3)32(39)25(4)30-20-19-23(2)33(40)36(43,45-30)35(42)37-21-13-12-16-28(37)34(41)44-31/h2*6,8-9,14-15,23-25,27-28,30-32,39,43H,5,7,10-13,16-22H2,1-4H3/t2*23-,24-,25+,27-,28+,30+,31+,32+,36?/m11/s1. The van der Waals surface area contributed by atoms with Crippen molar-refractivity contribution in [2.75, 3.05) is 13.1 Å². The van der Waals surface area contributed by atoms with Gasteiger partial charge in [-0.3, -0.25) is 28.8 Å². The highest BCUT2D eigenvalue weighted by molar-refractivity contribution is 6.39. The third-order valence-electron chi connectivity index (χ3n) is 21.2. The molecule has 2 aromatic rings. The number of fused-ring (bicyclic) bond motifs is 6. The van der Waals surface area contributed by atoms with Gasteiger partial charge in [-0.15, -0.1) is 0 Å². The summed E-state index contributed by atoms with van der Waals surface area (Å²) in [5.74, 6) is -13.9. The van der Waals surface area contributed by atoms with E-state index in [1.165, 1.54) is 9.80 Å². The van der Waals surface area contributed by atoms with Gasteiger partial charge in [0.25, 0.3) is 17.6 Å². The summed E-state index contributed by atoms with van der Waals surface area (Å²) in [5.41, 5.74) is 2.30. The number of piperidine rings is 2. The smallest absolute Gasteiger partial charge is 0.329 e. The fraction of sp³-hybridized carbons (Fsp3) is 0.722. The van der Waals surface area contributed by atoms with E-state index in [9.17, 15) is 58.8 Å². The Hall–Kier alpha value is -5.24. The van der Waals surface area contributed by atoms with Crippen LogP contribution < -0.4 is 0 Å². The number of amides is 2. The van der Waals surface area contributed by atoms with Gasteiger partial charge in [0.05, 0.1) is 24.4 Å². The lowest BCUT2D eigenvalue weighted by Gasteiger charge is -2.44. The van der Waals surface area contributed by atoms with E-state index < -0.39 is 131 Å². The van der Waals surface area contributed by atoms with Gasteiger partial charge in [-0.1, -0.05) is 129 Å². The van der Waals surface area contributed by atoms with Gasteiger partial charge in [-0.05, 0) is 151 Å². The van der Waals surface area contributed by atoms with Crippen molar-refractivity contribution in [2.24, 2.45) is 47.3 Å². The molecule has 90 heavy (non-hydrogen) atoms. The Labute approximate surface area is 534 Å². The molecule has 2 amide bonds. The predicted octanol–water partition coefficient (Wildman–Crippen LogP) is 9.57. The largest absolute Gasteiger partial charge is 0.461 e. The quantitative estimate of drug-likeness (QED) is 0.109. The van der Waals surface area contributed by atoms with Crippen molar-refractivity contribution in [3.63, 3.8) is 0 Å². The predicted molar refractivity (Wildman–Crippen MR) is 338 cm³/mol. The first-order chi connectivity index (χ1) is 42.9. The fourth-order valence-corrected chi connectivity index (χ4v) is 14.7. The molecule has 18 atom stereocenters. The zero-order valence-corrected chi connectivity index (χ0v) is 55.0. The Morgan fingerprint density at radius 1 is 0.511 bits per heavy atom. The number of ketones is 4. The van der Waals surface area contributed by atoms with E-state index in [1.807, 2.05) is 36.4 Å². The maximum Gasteiger partial charge on any atom is 0.329 e. The minimum absolute atomic E-state index is 0.0468. The lowest BCUT2D eigenvalue weighted by atomic mass is 9.79. The van der Waals surface area contributed by atoms with Crippen molar-refractivity contribution in [1.82, 2.24) is 9.80 Å². The molecule has 4 N–H and O–H groups in total. The zero-order chi connectivity index (χ0) is 65.5. The molecule has 500 valence electrons. The molecule has 2 unspecified atom stereocenters. The molecule has 0 spiro atoms. The molecule has 6 aliphatic heterocycles. The van der Waals surface area contributed by atoms with Crippen molar-refractivity contribution in [1.29, 1.82) is 0 Å². The molecule has 6 aliphatic rings. The summed E-state index contributed by atoms with van der Waals surface area (Å²) in [6.07, 6.45) is 9.79. The van der Waals surface area contributed by atoms with Crippen LogP contribution in [0.2, 0.25) is 0 Å². The van der Waals surface area contributed by atoms with Gasteiger partial charge >= 0.3 is 17.7 Å². The van der Waals surface area contributed by atoms with Gasteiger partial charge < -0.3 is 49.2 Å². The van der Waals surface area contributed by atoms with E-state index >= 15 is 0 Å². The second kappa shape index (κ2) is 33.6. The number of rotatable bonds is 8. The molecule has 8 rings (SSSR count). The summed E-state index contributed by atoms with van der Waals surface area (Å²) in [6.45, 7) is 14.8. The average Bonchev–Trinajstić information content (AvgIpc) is 1.17. The number of hydrogen-bond acceptors (Lipinski definition) is 16. The number of aliphatic hydroxyl groups excluding tert-OH is 2. The monoisotopic (exact) mass is 1250 g/mol. The van der Waals surface area contributed by atoms with E-state index in [1.54, 1.807) is 41.5 Å². The molecule has 0 aromatic heterocycles. The number of ether oxygens (including phenoxy) is 4. The Balaban J connectivity index is 0.000000256. The molecule has 6 fully saturated rings. The number of hydrogen-bond donors (Lipinski definition) is 4. The van der Waals surface area contributed by atoms with E-state index in [4.69, 9.17) is 18.9 Å². The number of esters is 2. The van der Waals surface area contributed by atoms with Crippen LogP contribution in [0.3, 0.4) is 0 Å². The molecule has 0 saturated carbocycles. The Morgan fingerprint density at radius 2 is 0.944 bits per heavy atom. The van der Waals surface area contributed by atoms with Crippen LogP contribution >= 0.6 is 0 Å². The van der Waals surface area contributed by atoms with Gasteiger partial charge in [-0.25, -0.2) is 9.59 Å². The van der Waals surface area contributed by atoms with Crippen LogP contribution in [0.15, 0.2) is 60.7 Å². The summed E-state index contributed by atoms with van der Waals surface area (Å²) >= 11 is 0.